The summed E-state index contributed by atoms with van der Waals surface area (Å²) in [5, 5.41) is 13.6. The van der Waals surface area contributed by atoms with Gasteiger partial charge in [-0.25, -0.2) is 8.78 Å². The summed E-state index contributed by atoms with van der Waals surface area (Å²) in [7, 11) is 0. The van der Waals surface area contributed by atoms with Crippen LogP contribution >= 0.6 is 11.8 Å². The highest BCUT2D eigenvalue weighted by molar-refractivity contribution is 7.99. The maximum atomic E-state index is 13.6. The Bertz CT molecular complexity index is 1180. The standard InChI is InChI=1S/C22H15F2N3OS/c23-17-7-8-20(18(24)12-17)25-21(28)13-29-22-10-9-19(26-27-22)16-6-5-14-3-1-2-4-15(14)11-16/h1-12H,13H2,(H,25,28). The molecule has 4 rings (SSSR count). The smallest absolute Gasteiger partial charge is 0.234 e. The molecule has 0 spiro atoms. The van der Waals surface area contributed by atoms with Crippen LogP contribution in [0.25, 0.3) is 22.0 Å². The second-order valence-electron chi connectivity index (χ2n) is 6.28. The Balaban J connectivity index is 1.39. The summed E-state index contributed by atoms with van der Waals surface area (Å²) in [5.41, 5.74) is 1.63. The summed E-state index contributed by atoms with van der Waals surface area (Å²) in [6, 6.07) is 20.8. The van der Waals surface area contributed by atoms with Crippen LogP contribution in [0.1, 0.15) is 0 Å². The van der Waals surface area contributed by atoms with E-state index < -0.39 is 17.5 Å². The lowest BCUT2D eigenvalue weighted by molar-refractivity contribution is -0.113. The highest BCUT2D eigenvalue weighted by Crippen LogP contribution is 2.24. The Morgan fingerprint density at radius 2 is 1.72 bits per heavy atom. The molecule has 0 unspecified atom stereocenters. The summed E-state index contributed by atoms with van der Waals surface area (Å²) >= 11 is 1.18. The quantitative estimate of drug-likeness (QED) is 0.456. The number of hydrogen-bond donors (Lipinski definition) is 1. The summed E-state index contributed by atoms with van der Waals surface area (Å²) in [4.78, 5) is 12.0. The lowest BCUT2D eigenvalue weighted by Crippen LogP contribution is -2.15. The molecule has 1 heterocycles. The van der Waals surface area contributed by atoms with Crippen LogP contribution in [0.15, 0.2) is 77.8 Å². The predicted molar refractivity (Wildman–Crippen MR) is 111 cm³/mol. The van der Waals surface area contributed by atoms with Crippen molar-refractivity contribution in [2.75, 3.05) is 11.1 Å². The number of nitrogens with one attached hydrogen (secondary N) is 1. The SMILES string of the molecule is O=C(CSc1ccc(-c2ccc3ccccc3c2)nn1)Nc1ccc(F)cc1F. The third-order valence-corrected chi connectivity index (χ3v) is 5.16. The molecule has 144 valence electrons. The second-order valence-corrected chi connectivity index (χ2v) is 7.28. The third-order valence-electron chi connectivity index (χ3n) is 4.24. The van der Waals surface area contributed by atoms with E-state index in [1.807, 2.05) is 42.5 Å². The lowest BCUT2D eigenvalue weighted by atomic mass is 10.1. The van der Waals surface area contributed by atoms with Gasteiger partial charge in [0.15, 0.2) is 0 Å². The number of anilines is 1. The molecule has 0 atom stereocenters. The zero-order valence-electron chi connectivity index (χ0n) is 15.1. The average Bonchev–Trinajstić information content (AvgIpc) is 2.74. The maximum Gasteiger partial charge on any atom is 0.234 e. The average molecular weight is 407 g/mol. The second kappa shape index (κ2) is 8.36. The fraction of sp³-hybridized carbons (Fsp3) is 0.0455. The van der Waals surface area contributed by atoms with Gasteiger partial charge in [-0.15, -0.1) is 10.2 Å². The summed E-state index contributed by atoms with van der Waals surface area (Å²) in [6.07, 6.45) is 0. The van der Waals surface area contributed by atoms with Crippen molar-refractivity contribution in [3.63, 3.8) is 0 Å². The van der Waals surface area contributed by atoms with E-state index in [4.69, 9.17) is 0 Å². The first-order valence-electron chi connectivity index (χ1n) is 8.79. The maximum absolute atomic E-state index is 13.6. The highest BCUT2D eigenvalue weighted by atomic mass is 32.2. The Kier molecular flexibility index (Phi) is 5.48. The first-order valence-corrected chi connectivity index (χ1v) is 9.78. The molecule has 4 nitrogen and oxygen atoms in total. The first-order chi connectivity index (χ1) is 14.1. The van der Waals surface area contributed by atoms with E-state index >= 15 is 0 Å². The fourth-order valence-electron chi connectivity index (χ4n) is 2.82. The summed E-state index contributed by atoms with van der Waals surface area (Å²) in [5.74, 6) is -1.90. The fourth-order valence-corrected chi connectivity index (χ4v) is 3.43. The van der Waals surface area contributed by atoms with E-state index in [0.717, 1.165) is 34.2 Å². The highest BCUT2D eigenvalue weighted by Gasteiger charge is 2.10. The topological polar surface area (TPSA) is 54.9 Å². The van der Waals surface area contributed by atoms with E-state index in [2.05, 4.69) is 21.6 Å². The Hall–Kier alpha value is -3.32. The van der Waals surface area contributed by atoms with Crippen LogP contribution in [0.5, 0.6) is 0 Å². The molecule has 3 aromatic carbocycles. The minimum atomic E-state index is -0.817. The molecule has 0 aliphatic heterocycles. The van der Waals surface area contributed by atoms with Gasteiger partial charge >= 0.3 is 0 Å². The van der Waals surface area contributed by atoms with E-state index in [1.165, 1.54) is 17.8 Å². The van der Waals surface area contributed by atoms with Crippen LogP contribution in [-0.2, 0) is 4.79 Å². The van der Waals surface area contributed by atoms with Crippen molar-refractivity contribution in [3.05, 3.63) is 84.4 Å². The molecule has 0 saturated carbocycles. The number of rotatable bonds is 5. The van der Waals surface area contributed by atoms with Gasteiger partial charge in [0, 0.05) is 11.6 Å². The van der Waals surface area contributed by atoms with E-state index in [-0.39, 0.29) is 11.4 Å². The van der Waals surface area contributed by atoms with Gasteiger partial charge in [-0.2, -0.15) is 0 Å². The van der Waals surface area contributed by atoms with Crippen molar-refractivity contribution in [2.45, 2.75) is 5.03 Å². The normalized spacial score (nSPS) is 10.8. The molecule has 0 aliphatic rings. The Labute approximate surface area is 170 Å². The zero-order valence-corrected chi connectivity index (χ0v) is 15.9. The van der Waals surface area contributed by atoms with Crippen LogP contribution in [0, 0.1) is 11.6 Å². The summed E-state index contributed by atoms with van der Waals surface area (Å²) in [6.45, 7) is 0. The third kappa shape index (κ3) is 4.57. The number of carbonyl (C=O) groups is 1. The first kappa shape index (κ1) is 19.0. The molecule has 0 radical (unpaired) electrons. The number of benzene rings is 3. The van der Waals surface area contributed by atoms with Gasteiger partial charge in [0.2, 0.25) is 5.91 Å². The number of aromatic nitrogens is 2. The van der Waals surface area contributed by atoms with Crippen LogP contribution < -0.4 is 5.32 Å². The van der Waals surface area contributed by atoms with Gasteiger partial charge in [0.05, 0.1) is 17.1 Å². The monoisotopic (exact) mass is 407 g/mol. The minimum absolute atomic E-state index is 0.0286. The van der Waals surface area contributed by atoms with Crippen molar-refractivity contribution in [1.29, 1.82) is 0 Å². The molecular weight excluding hydrogens is 392 g/mol. The van der Waals surface area contributed by atoms with E-state index in [0.29, 0.717) is 5.03 Å². The molecule has 1 aromatic heterocycles. The molecule has 1 amide bonds. The van der Waals surface area contributed by atoms with E-state index in [1.54, 1.807) is 6.07 Å². The lowest BCUT2D eigenvalue weighted by Gasteiger charge is -2.06. The number of thioether (sulfide) groups is 1. The van der Waals surface area contributed by atoms with Gasteiger partial charge in [0.1, 0.15) is 16.7 Å². The van der Waals surface area contributed by atoms with Crippen molar-refractivity contribution in [1.82, 2.24) is 10.2 Å². The number of fused-ring (bicyclic) bond motifs is 1. The zero-order chi connectivity index (χ0) is 20.2. The van der Waals surface area contributed by atoms with Crippen LogP contribution in [0.3, 0.4) is 0 Å². The Morgan fingerprint density at radius 1 is 0.897 bits per heavy atom. The Morgan fingerprint density at radius 3 is 2.48 bits per heavy atom. The molecule has 0 aliphatic carbocycles. The predicted octanol–water partition coefficient (Wildman–Crippen LogP) is 5.31. The summed E-state index contributed by atoms with van der Waals surface area (Å²) < 4.78 is 26.5. The largest absolute Gasteiger partial charge is 0.323 e. The number of halogens is 2. The van der Waals surface area contributed by atoms with Crippen molar-refractivity contribution < 1.29 is 13.6 Å². The van der Waals surface area contributed by atoms with Crippen LogP contribution in [0.4, 0.5) is 14.5 Å². The number of nitrogens with zero attached hydrogens (tertiary/aromatic N) is 2. The minimum Gasteiger partial charge on any atom is -0.323 e. The van der Waals surface area contributed by atoms with Gasteiger partial charge < -0.3 is 5.32 Å². The van der Waals surface area contributed by atoms with Crippen LogP contribution in [0.2, 0.25) is 0 Å². The molecule has 29 heavy (non-hydrogen) atoms. The molecule has 0 bridgehead atoms. The number of amides is 1. The van der Waals surface area contributed by atoms with Crippen molar-refractivity contribution >= 4 is 34.1 Å². The van der Waals surface area contributed by atoms with Crippen molar-refractivity contribution in [2.24, 2.45) is 0 Å². The van der Waals surface area contributed by atoms with Gasteiger partial charge in [-0.05, 0) is 41.1 Å². The van der Waals surface area contributed by atoms with Crippen molar-refractivity contribution in [3.8, 4) is 11.3 Å². The molecule has 0 fully saturated rings. The molecule has 0 saturated heterocycles. The number of hydrogen-bond acceptors (Lipinski definition) is 4. The molecular formula is C22H15F2N3OS. The van der Waals surface area contributed by atoms with Gasteiger partial charge in [-0.3, -0.25) is 4.79 Å². The van der Waals surface area contributed by atoms with Crippen LogP contribution in [-0.4, -0.2) is 21.9 Å². The van der Waals surface area contributed by atoms with Gasteiger partial charge in [-0.1, -0.05) is 48.2 Å². The van der Waals surface area contributed by atoms with Gasteiger partial charge in [0.25, 0.3) is 0 Å². The molecule has 4 aromatic rings. The molecule has 1 N–H and O–H groups in total. The van der Waals surface area contributed by atoms with E-state index in [9.17, 15) is 13.6 Å². The number of carbonyl (C=O) groups excluding carboxylic acids is 1. The molecule has 7 heteroatoms.